The molecule has 0 aromatic rings. The van der Waals surface area contributed by atoms with E-state index in [1.165, 1.54) is 0 Å². The van der Waals surface area contributed by atoms with Crippen molar-refractivity contribution in [2.24, 2.45) is 11.7 Å². The normalized spacial score (nSPS) is 36.1. The third kappa shape index (κ3) is 3.40. The zero-order valence-corrected chi connectivity index (χ0v) is 10.6. The fourth-order valence-electron chi connectivity index (χ4n) is 2.48. The van der Waals surface area contributed by atoms with Crippen molar-refractivity contribution in [2.75, 3.05) is 13.2 Å². The minimum Gasteiger partial charge on any atom is -0.353 e. The lowest BCUT2D eigenvalue weighted by atomic mass is 10.1. The van der Waals surface area contributed by atoms with E-state index < -0.39 is 5.79 Å². The fraction of sp³-hybridized carbons (Fsp3) is 0.917. The first-order valence-corrected chi connectivity index (χ1v) is 6.31. The van der Waals surface area contributed by atoms with Crippen LogP contribution in [0.5, 0.6) is 0 Å². The molecule has 3 unspecified atom stereocenters. The van der Waals surface area contributed by atoms with Crippen LogP contribution in [0, 0.1) is 5.92 Å². The van der Waals surface area contributed by atoms with Gasteiger partial charge in [-0.2, -0.15) is 0 Å². The molecule has 3 atom stereocenters. The smallest absolute Gasteiger partial charge is 0.223 e. The molecule has 0 spiro atoms. The van der Waals surface area contributed by atoms with Crippen molar-refractivity contribution in [1.82, 2.24) is 5.32 Å². The summed E-state index contributed by atoms with van der Waals surface area (Å²) >= 11 is 0. The summed E-state index contributed by atoms with van der Waals surface area (Å²) in [7, 11) is 0. The van der Waals surface area contributed by atoms with E-state index in [1.807, 2.05) is 13.8 Å². The van der Waals surface area contributed by atoms with Gasteiger partial charge in [-0.3, -0.25) is 4.79 Å². The Hall–Kier alpha value is -0.650. The maximum atomic E-state index is 11.8. The van der Waals surface area contributed by atoms with Crippen molar-refractivity contribution < 1.29 is 14.3 Å². The first-order chi connectivity index (χ1) is 7.96. The molecule has 1 amide bonds. The molecule has 0 aromatic heterocycles. The predicted octanol–water partition coefficient (Wildman–Crippen LogP) is 0.382. The lowest BCUT2D eigenvalue weighted by Gasteiger charge is -2.18. The molecule has 5 heteroatoms. The number of rotatable bonds is 3. The number of carbonyl (C=O) groups excluding carboxylic acids is 1. The van der Waals surface area contributed by atoms with E-state index in [1.54, 1.807) is 0 Å². The van der Waals surface area contributed by atoms with Crippen LogP contribution < -0.4 is 11.1 Å². The number of hydrogen-bond donors (Lipinski definition) is 2. The molecular formula is C12H22N2O3. The average Bonchev–Trinajstić information content (AvgIpc) is 2.81. The molecule has 0 radical (unpaired) electrons. The van der Waals surface area contributed by atoms with Crippen molar-refractivity contribution >= 4 is 5.91 Å². The van der Waals surface area contributed by atoms with Gasteiger partial charge in [0.1, 0.15) is 6.10 Å². The Morgan fingerprint density at radius 3 is 2.76 bits per heavy atom. The van der Waals surface area contributed by atoms with Crippen LogP contribution in [0.4, 0.5) is 0 Å². The molecule has 2 rings (SSSR count). The summed E-state index contributed by atoms with van der Waals surface area (Å²) in [5.41, 5.74) is 5.79. The van der Waals surface area contributed by atoms with E-state index in [-0.39, 0.29) is 24.0 Å². The molecular weight excluding hydrogens is 220 g/mol. The molecule has 3 N–H and O–H groups in total. The van der Waals surface area contributed by atoms with Gasteiger partial charge >= 0.3 is 0 Å². The molecule has 5 nitrogen and oxygen atoms in total. The number of ether oxygens (including phenoxy) is 2. The second-order valence-electron chi connectivity index (χ2n) is 5.47. The van der Waals surface area contributed by atoms with Crippen molar-refractivity contribution in [3.63, 3.8) is 0 Å². The van der Waals surface area contributed by atoms with E-state index >= 15 is 0 Å². The van der Waals surface area contributed by atoms with Crippen LogP contribution in [0.3, 0.4) is 0 Å². The monoisotopic (exact) mass is 242 g/mol. The molecule has 0 aromatic carbocycles. The zero-order valence-electron chi connectivity index (χ0n) is 10.6. The van der Waals surface area contributed by atoms with Gasteiger partial charge < -0.3 is 20.5 Å². The van der Waals surface area contributed by atoms with Crippen molar-refractivity contribution in [3.05, 3.63) is 0 Å². The van der Waals surface area contributed by atoms with Crippen LogP contribution in [0.1, 0.15) is 33.1 Å². The molecule has 17 heavy (non-hydrogen) atoms. The van der Waals surface area contributed by atoms with Gasteiger partial charge in [0, 0.05) is 18.5 Å². The highest BCUT2D eigenvalue weighted by Crippen LogP contribution is 2.25. The van der Waals surface area contributed by atoms with Crippen LogP contribution in [0.2, 0.25) is 0 Å². The number of nitrogens with two attached hydrogens (primary N) is 1. The quantitative estimate of drug-likeness (QED) is 0.750. The minimum atomic E-state index is -0.523. The zero-order chi connectivity index (χ0) is 12.5. The van der Waals surface area contributed by atoms with Gasteiger partial charge in [-0.15, -0.1) is 0 Å². The van der Waals surface area contributed by atoms with Gasteiger partial charge in [0.15, 0.2) is 5.79 Å². The highest BCUT2D eigenvalue weighted by Gasteiger charge is 2.33. The molecule has 1 saturated heterocycles. The second kappa shape index (κ2) is 4.92. The highest BCUT2D eigenvalue weighted by atomic mass is 16.7. The van der Waals surface area contributed by atoms with Gasteiger partial charge in [-0.1, -0.05) is 0 Å². The lowest BCUT2D eigenvalue weighted by molar-refractivity contribution is -0.140. The summed E-state index contributed by atoms with van der Waals surface area (Å²) in [5.74, 6) is -0.336. The van der Waals surface area contributed by atoms with Gasteiger partial charge in [-0.25, -0.2) is 0 Å². The molecule has 1 aliphatic heterocycles. The Balaban J connectivity index is 1.70. The highest BCUT2D eigenvalue weighted by molar-refractivity contribution is 5.79. The molecule has 2 aliphatic rings. The number of carbonyl (C=O) groups is 1. The van der Waals surface area contributed by atoms with Crippen LogP contribution >= 0.6 is 0 Å². The summed E-state index contributed by atoms with van der Waals surface area (Å²) < 4.78 is 11.1. The third-order valence-electron chi connectivity index (χ3n) is 3.42. The standard InChI is InChI=1S/C12H22N2O3/c1-12(2)16-7-10(17-12)6-14-11(15)8-3-4-9(13)5-8/h8-10H,3-7,13H2,1-2H3,(H,14,15). The summed E-state index contributed by atoms with van der Waals surface area (Å²) in [4.78, 5) is 11.8. The van der Waals surface area contributed by atoms with E-state index in [9.17, 15) is 4.79 Å². The second-order valence-corrected chi connectivity index (χ2v) is 5.47. The molecule has 98 valence electrons. The number of hydrogen-bond acceptors (Lipinski definition) is 4. The van der Waals surface area contributed by atoms with Gasteiger partial charge in [0.25, 0.3) is 0 Å². The van der Waals surface area contributed by atoms with Gasteiger partial charge in [-0.05, 0) is 33.1 Å². The molecule has 1 heterocycles. The van der Waals surface area contributed by atoms with Crippen molar-refractivity contribution in [3.8, 4) is 0 Å². The van der Waals surface area contributed by atoms with Crippen LogP contribution in [-0.2, 0) is 14.3 Å². The SMILES string of the molecule is CC1(C)OCC(CNC(=O)C2CCC(N)C2)O1. The summed E-state index contributed by atoms with van der Waals surface area (Å²) in [5, 5.41) is 2.93. The number of amides is 1. The Morgan fingerprint density at radius 1 is 1.47 bits per heavy atom. The minimum absolute atomic E-state index is 0.0379. The lowest BCUT2D eigenvalue weighted by Crippen LogP contribution is -2.37. The van der Waals surface area contributed by atoms with Crippen LogP contribution in [-0.4, -0.2) is 37.0 Å². The summed E-state index contributed by atoms with van der Waals surface area (Å²) in [6.45, 7) is 4.82. The van der Waals surface area contributed by atoms with E-state index in [0.29, 0.717) is 13.2 Å². The largest absolute Gasteiger partial charge is 0.353 e. The Labute approximate surface area is 102 Å². The van der Waals surface area contributed by atoms with Crippen LogP contribution in [0.25, 0.3) is 0 Å². The predicted molar refractivity (Wildman–Crippen MR) is 63.2 cm³/mol. The Bertz CT molecular complexity index is 293. The topological polar surface area (TPSA) is 73.6 Å². The maximum absolute atomic E-state index is 11.8. The summed E-state index contributed by atoms with van der Waals surface area (Å²) in [6.07, 6.45) is 2.62. The van der Waals surface area contributed by atoms with E-state index in [0.717, 1.165) is 19.3 Å². The maximum Gasteiger partial charge on any atom is 0.223 e. The molecule has 1 saturated carbocycles. The van der Waals surface area contributed by atoms with Crippen molar-refractivity contribution in [1.29, 1.82) is 0 Å². The van der Waals surface area contributed by atoms with E-state index in [2.05, 4.69) is 5.32 Å². The van der Waals surface area contributed by atoms with Crippen molar-refractivity contribution in [2.45, 2.75) is 51.0 Å². The summed E-state index contributed by atoms with van der Waals surface area (Å²) in [6, 6.07) is 0.191. The molecule has 1 aliphatic carbocycles. The van der Waals surface area contributed by atoms with Gasteiger partial charge in [0.05, 0.1) is 6.61 Å². The van der Waals surface area contributed by atoms with E-state index in [4.69, 9.17) is 15.2 Å². The van der Waals surface area contributed by atoms with Crippen LogP contribution in [0.15, 0.2) is 0 Å². The first-order valence-electron chi connectivity index (χ1n) is 6.31. The Kier molecular flexibility index (Phi) is 3.70. The Morgan fingerprint density at radius 2 is 2.24 bits per heavy atom. The fourth-order valence-corrected chi connectivity index (χ4v) is 2.48. The average molecular weight is 242 g/mol. The molecule has 0 bridgehead atoms. The number of nitrogens with one attached hydrogen (secondary N) is 1. The van der Waals surface area contributed by atoms with Gasteiger partial charge in [0.2, 0.25) is 5.91 Å². The first kappa shape index (κ1) is 12.8. The third-order valence-corrected chi connectivity index (χ3v) is 3.42. The molecule has 2 fully saturated rings.